The fourth-order valence-corrected chi connectivity index (χ4v) is 3.57. The van der Waals surface area contributed by atoms with Crippen LogP contribution in [0.5, 0.6) is 5.88 Å². The highest BCUT2D eigenvalue weighted by Gasteiger charge is 2.58. The molecule has 0 radical (unpaired) electrons. The van der Waals surface area contributed by atoms with E-state index in [0.717, 1.165) is 16.6 Å². The summed E-state index contributed by atoms with van der Waals surface area (Å²) in [6, 6.07) is 3.33. The van der Waals surface area contributed by atoms with E-state index in [1.54, 1.807) is 0 Å². The Bertz CT molecular complexity index is 1290. The highest BCUT2D eigenvalue weighted by molar-refractivity contribution is 7.91. The standard InChI is InChI=1S/C17H15F5N6O4S/c1-3-33(30,31)15-12(13-24-7-6-10(14(29)23-2)28(13)27-15)9-4-5-11(26-25-9)32-8-16(18,19)17(20,21)22/h4-7H,3,8H2,1-2H3,(H,23,29). The van der Waals surface area contributed by atoms with Crippen molar-refractivity contribution in [1.82, 2.24) is 30.1 Å². The van der Waals surface area contributed by atoms with Gasteiger partial charge < -0.3 is 10.1 Å². The van der Waals surface area contributed by atoms with Gasteiger partial charge in [0.15, 0.2) is 27.1 Å². The third kappa shape index (κ3) is 4.55. The Morgan fingerprint density at radius 3 is 2.39 bits per heavy atom. The van der Waals surface area contributed by atoms with E-state index in [1.165, 1.54) is 26.2 Å². The Kier molecular flexibility index (Phi) is 6.23. The van der Waals surface area contributed by atoms with Crippen molar-refractivity contribution in [2.45, 2.75) is 24.0 Å². The van der Waals surface area contributed by atoms with Gasteiger partial charge in [-0.3, -0.25) is 4.79 Å². The van der Waals surface area contributed by atoms with Gasteiger partial charge in [-0.25, -0.2) is 17.9 Å². The van der Waals surface area contributed by atoms with Crippen LogP contribution >= 0.6 is 0 Å². The molecule has 33 heavy (non-hydrogen) atoms. The molecule has 0 atom stereocenters. The molecule has 0 aromatic carbocycles. The van der Waals surface area contributed by atoms with E-state index in [0.29, 0.717) is 0 Å². The molecule has 10 nitrogen and oxygen atoms in total. The zero-order valence-electron chi connectivity index (χ0n) is 16.9. The van der Waals surface area contributed by atoms with Gasteiger partial charge in [-0.1, -0.05) is 6.92 Å². The average molecular weight is 494 g/mol. The molecule has 0 aliphatic carbocycles. The minimum Gasteiger partial charge on any atom is -0.470 e. The molecule has 0 aliphatic rings. The lowest BCUT2D eigenvalue weighted by atomic mass is 10.2. The van der Waals surface area contributed by atoms with E-state index >= 15 is 0 Å². The normalized spacial score (nSPS) is 12.7. The number of sulfone groups is 1. The molecule has 0 saturated carbocycles. The smallest absolute Gasteiger partial charge is 0.456 e. The van der Waals surface area contributed by atoms with Crippen LogP contribution in [-0.4, -0.2) is 70.6 Å². The van der Waals surface area contributed by atoms with Crippen LogP contribution < -0.4 is 10.1 Å². The number of alkyl halides is 5. The molecule has 1 amide bonds. The average Bonchev–Trinajstić information content (AvgIpc) is 3.17. The van der Waals surface area contributed by atoms with Crippen LogP contribution in [0.15, 0.2) is 29.4 Å². The first-order valence-corrected chi connectivity index (χ1v) is 10.7. The first-order valence-electron chi connectivity index (χ1n) is 9.06. The summed E-state index contributed by atoms with van der Waals surface area (Å²) in [6.45, 7) is -0.659. The Morgan fingerprint density at radius 2 is 1.85 bits per heavy atom. The Labute approximate surface area is 182 Å². The number of carbonyl (C=O) groups excluding carboxylic acids is 1. The van der Waals surface area contributed by atoms with Gasteiger partial charge in [0.25, 0.3) is 5.91 Å². The van der Waals surface area contributed by atoms with Gasteiger partial charge in [-0.05, 0) is 12.1 Å². The molecule has 3 aromatic rings. The maximum atomic E-state index is 13.0. The maximum Gasteiger partial charge on any atom is 0.456 e. The second-order valence-electron chi connectivity index (χ2n) is 6.48. The molecule has 0 unspecified atom stereocenters. The van der Waals surface area contributed by atoms with Crippen molar-refractivity contribution in [3.05, 3.63) is 30.1 Å². The van der Waals surface area contributed by atoms with Crippen LogP contribution in [0.2, 0.25) is 0 Å². The number of aromatic nitrogens is 5. The fourth-order valence-electron chi connectivity index (χ4n) is 2.58. The monoisotopic (exact) mass is 494 g/mol. The summed E-state index contributed by atoms with van der Waals surface area (Å²) in [5.74, 6) is -6.71. The predicted octanol–water partition coefficient (Wildman–Crippen LogP) is 1.92. The number of nitrogens with zero attached hydrogens (tertiary/aromatic N) is 5. The van der Waals surface area contributed by atoms with Crippen LogP contribution in [-0.2, 0) is 9.84 Å². The van der Waals surface area contributed by atoms with Crippen molar-refractivity contribution in [1.29, 1.82) is 0 Å². The zero-order valence-corrected chi connectivity index (χ0v) is 17.7. The second-order valence-corrected chi connectivity index (χ2v) is 8.67. The Balaban J connectivity index is 2.08. The van der Waals surface area contributed by atoms with Gasteiger partial charge in [-0.2, -0.15) is 27.1 Å². The van der Waals surface area contributed by atoms with Crippen LogP contribution in [0.4, 0.5) is 22.0 Å². The largest absolute Gasteiger partial charge is 0.470 e. The van der Waals surface area contributed by atoms with Gasteiger partial charge in [0, 0.05) is 19.3 Å². The summed E-state index contributed by atoms with van der Waals surface area (Å²) in [5, 5.41) is 13.0. The first kappa shape index (κ1) is 24.2. The number of carbonyl (C=O) groups is 1. The number of hydrogen-bond acceptors (Lipinski definition) is 8. The molecule has 1 N–H and O–H groups in total. The van der Waals surface area contributed by atoms with Gasteiger partial charge in [0.05, 0.1) is 11.3 Å². The van der Waals surface area contributed by atoms with Crippen molar-refractivity contribution < 1.29 is 39.9 Å². The molecule has 178 valence electrons. The first-order chi connectivity index (χ1) is 15.3. The molecule has 16 heteroatoms. The van der Waals surface area contributed by atoms with Crippen LogP contribution in [0.25, 0.3) is 16.9 Å². The van der Waals surface area contributed by atoms with Crippen LogP contribution in [0, 0.1) is 0 Å². The SMILES string of the molecule is CCS(=O)(=O)c1nn2c(C(=O)NC)ccnc2c1-c1ccc(OCC(F)(F)C(F)(F)F)nn1. The lowest BCUT2D eigenvalue weighted by molar-refractivity contribution is -0.290. The topological polar surface area (TPSA) is 128 Å². The Hall–Kier alpha value is -3.43. The number of hydrogen-bond donors (Lipinski definition) is 1. The third-order valence-electron chi connectivity index (χ3n) is 4.33. The van der Waals surface area contributed by atoms with Crippen LogP contribution in [0.3, 0.4) is 0 Å². The second kappa shape index (κ2) is 8.49. The van der Waals surface area contributed by atoms with Crippen molar-refractivity contribution in [3.63, 3.8) is 0 Å². The lowest BCUT2D eigenvalue weighted by Gasteiger charge is -2.19. The minimum atomic E-state index is -5.81. The summed E-state index contributed by atoms with van der Waals surface area (Å²) in [5.41, 5.74) is -0.394. The number of fused-ring (bicyclic) bond motifs is 1. The fraction of sp³-hybridized carbons (Fsp3) is 0.353. The summed E-state index contributed by atoms with van der Waals surface area (Å²) >= 11 is 0. The van der Waals surface area contributed by atoms with Gasteiger partial charge in [0.1, 0.15) is 11.4 Å². The quantitative estimate of drug-likeness (QED) is 0.494. The predicted molar refractivity (Wildman–Crippen MR) is 102 cm³/mol. The summed E-state index contributed by atoms with van der Waals surface area (Å²) in [4.78, 5) is 16.2. The lowest BCUT2D eigenvalue weighted by Crippen LogP contribution is -2.41. The third-order valence-corrected chi connectivity index (χ3v) is 5.97. The molecule has 0 saturated heterocycles. The maximum absolute atomic E-state index is 13.0. The van der Waals surface area contributed by atoms with E-state index in [-0.39, 0.29) is 28.4 Å². The van der Waals surface area contributed by atoms with Crippen LogP contribution in [0.1, 0.15) is 17.4 Å². The molecule has 3 heterocycles. The summed E-state index contributed by atoms with van der Waals surface area (Å²) in [7, 11) is -2.61. The molecular formula is C17H15F5N6O4S. The van der Waals surface area contributed by atoms with E-state index in [1.807, 2.05) is 0 Å². The molecule has 0 spiro atoms. The minimum absolute atomic E-state index is 0.0383. The Morgan fingerprint density at radius 1 is 1.15 bits per heavy atom. The van der Waals surface area contributed by atoms with Gasteiger partial charge in [0.2, 0.25) is 5.88 Å². The van der Waals surface area contributed by atoms with Gasteiger partial charge >= 0.3 is 12.1 Å². The molecule has 3 rings (SSSR count). The number of nitrogens with one attached hydrogen (secondary N) is 1. The van der Waals surface area contributed by atoms with Crippen molar-refractivity contribution in [2.75, 3.05) is 19.4 Å². The van der Waals surface area contributed by atoms with Crippen molar-refractivity contribution in [3.8, 4) is 17.1 Å². The molecule has 0 fully saturated rings. The summed E-state index contributed by atoms with van der Waals surface area (Å²) in [6.07, 6.45) is -4.58. The number of halogens is 5. The number of amides is 1. The molecule has 0 bridgehead atoms. The number of ether oxygens (including phenoxy) is 1. The zero-order chi connectivity index (χ0) is 24.6. The molecule has 0 aliphatic heterocycles. The highest BCUT2D eigenvalue weighted by atomic mass is 32.2. The van der Waals surface area contributed by atoms with E-state index < -0.39 is 45.4 Å². The van der Waals surface area contributed by atoms with Crippen molar-refractivity contribution in [2.24, 2.45) is 0 Å². The van der Waals surface area contributed by atoms with E-state index in [4.69, 9.17) is 0 Å². The van der Waals surface area contributed by atoms with E-state index in [9.17, 15) is 35.2 Å². The van der Waals surface area contributed by atoms with E-state index in [2.05, 4.69) is 30.3 Å². The highest BCUT2D eigenvalue weighted by Crippen LogP contribution is 2.36. The van der Waals surface area contributed by atoms with Crippen molar-refractivity contribution >= 4 is 21.4 Å². The van der Waals surface area contributed by atoms with Gasteiger partial charge in [-0.15, -0.1) is 10.2 Å². The number of rotatable bonds is 7. The molecule has 3 aromatic heterocycles. The summed E-state index contributed by atoms with van der Waals surface area (Å²) < 4.78 is 93.5. The molecular weight excluding hydrogens is 479 g/mol.